The highest BCUT2D eigenvalue weighted by atomic mass is 15.4. The van der Waals surface area contributed by atoms with Crippen molar-refractivity contribution in [3.8, 4) is 0 Å². The number of rotatable bonds is 6. The average molecular weight is 250 g/mol. The molecule has 1 aromatic rings. The third-order valence-corrected chi connectivity index (χ3v) is 4.02. The SMILES string of the molecule is CCCNCC1CCCCC1Cc1cn(C)nn1. The molecular formula is C14H26N4. The highest BCUT2D eigenvalue weighted by molar-refractivity contribution is 4.96. The summed E-state index contributed by atoms with van der Waals surface area (Å²) < 4.78 is 1.81. The third kappa shape index (κ3) is 3.80. The molecule has 0 amide bonds. The van der Waals surface area contributed by atoms with Crippen LogP contribution in [-0.2, 0) is 13.5 Å². The number of nitrogens with zero attached hydrogens (tertiary/aromatic N) is 3. The summed E-state index contributed by atoms with van der Waals surface area (Å²) in [5.41, 5.74) is 1.16. The Morgan fingerprint density at radius 2 is 2.11 bits per heavy atom. The number of aromatic nitrogens is 3. The van der Waals surface area contributed by atoms with Crippen LogP contribution >= 0.6 is 0 Å². The van der Waals surface area contributed by atoms with E-state index in [2.05, 4.69) is 28.7 Å². The smallest absolute Gasteiger partial charge is 0.0829 e. The van der Waals surface area contributed by atoms with Crippen LogP contribution in [0, 0.1) is 11.8 Å². The molecule has 0 saturated heterocycles. The van der Waals surface area contributed by atoms with Gasteiger partial charge in [-0.3, -0.25) is 4.68 Å². The normalized spacial score (nSPS) is 24.3. The molecule has 0 radical (unpaired) electrons. The summed E-state index contributed by atoms with van der Waals surface area (Å²) in [6.45, 7) is 4.55. The minimum Gasteiger partial charge on any atom is -0.316 e. The van der Waals surface area contributed by atoms with Crippen molar-refractivity contribution in [2.45, 2.75) is 45.4 Å². The van der Waals surface area contributed by atoms with Crippen molar-refractivity contribution in [3.63, 3.8) is 0 Å². The molecule has 0 aliphatic heterocycles. The lowest BCUT2D eigenvalue weighted by Gasteiger charge is -2.31. The Kier molecular flexibility index (Phi) is 5.17. The summed E-state index contributed by atoms with van der Waals surface area (Å²) in [6, 6.07) is 0. The monoisotopic (exact) mass is 250 g/mol. The van der Waals surface area contributed by atoms with E-state index in [-0.39, 0.29) is 0 Å². The topological polar surface area (TPSA) is 42.7 Å². The fourth-order valence-electron chi connectivity index (χ4n) is 3.04. The van der Waals surface area contributed by atoms with Crippen LogP contribution in [0.2, 0.25) is 0 Å². The first kappa shape index (κ1) is 13.5. The Hall–Kier alpha value is -0.900. The van der Waals surface area contributed by atoms with E-state index in [1.165, 1.54) is 38.6 Å². The van der Waals surface area contributed by atoms with Crippen LogP contribution in [-0.4, -0.2) is 28.1 Å². The molecule has 1 heterocycles. The van der Waals surface area contributed by atoms with E-state index >= 15 is 0 Å². The molecule has 4 nitrogen and oxygen atoms in total. The fourth-order valence-corrected chi connectivity index (χ4v) is 3.04. The molecule has 0 aromatic carbocycles. The molecule has 1 fully saturated rings. The van der Waals surface area contributed by atoms with Gasteiger partial charge in [0.05, 0.1) is 5.69 Å². The molecule has 4 heteroatoms. The van der Waals surface area contributed by atoms with E-state index < -0.39 is 0 Å². The average Bonchev–Trinajstić information content (AvgIpc) is 2.77. The molecule has 2 unspecified atom stereocenters. The van der Waals surface area contributed by atoms with Gasteiger partial charge in [0.2, 0.25) is 0 Å². The molecular weight excluding hydrogens is 224 g/mol. The molecule has 2 rings (SSSR count). The molecule has 18 heavy (non-hydrogen) atoms. The number of aryl methyl sites for hydroxylation is 1. The maximum atomic E-state index is 4.23. The Balaban J connectivity index is 1.86. The standard InChI is InChI=1S/C14H26N4/c1-3-8-15-10-13-7-5-4-6-12(13)9-14-11-18(2)17-16-14/h11-13,15H,3-10H2,1-2H3. The second kappa shape index (κ2) is 6.88. The van der Waals surface area contributed by atoms with Gasteiger partial charge in [-0.25, -0.2) is 0 Å². The predicted octanol–water partition coefficient (Wildman–Crippen LogP) is 2.16. The Morgan fingerprint density at radius 1 is 1.33 bits per heavy atom. The largest absolute Gasteiger partial charge is 0.316 e. The lowest BCUT2D eigenvalue weighted by molar-refractivity contribution is 0.227. The van der Waals surface area contributed by atoms with Crippen molar-refractivity contribution in [2.75, 3.05) is 13.1 Å². The second-order valence-electron chi connectivity index (χ2n) is 5.60. The van der Waals surface area contributed by atoms with Crippen LogP contribution < -0.4 is 5.32 Å². The summed E-state index contributed by atoms with van der Waals surface area (Å²) in [4.78, 5) is 0. The molecule has 2 atom stereocenters. The lowest BCUT2D eigenvalue weighted by atomic mass is 9.77. The Labute approximate surface area is 110 Å². The summed E-state index contributed by atoms with van der Waals surface area (Å²) in [7, 11) is 1.94. The van der Waals surface area contributed by atoms with E-state index in [9.17, 15) is 0 Å². The molecule has 0 bridgehead atoms. The van der Waals surface area contributed by atoms with Gasteiger partial charge >= 0.3 is 0 Å². The first-order valence-corrected chi connectivity index (χ1v) is 7.35. The minimum absolute atomic E-state index is 0.791. The van der Waals surface area contributed by atoms with Crippen molar-refractivity contribution in [3.05, 3.63) is 11.9 Å². The summed E-state index contributed by atoms with van der Waals surface area (Å²) in [6.07, 6.45) is 9.90. The van der Waals surface area contributed by atoms with Crippen molar-refractivity contribution in [1.82, 2.24) is 20.3 Å². The van der Waals surface area contributed by atoms with E-state index in [4.69, 9.17) is 0 Å². The summed E-state index contributed by atoms with van der Waals surface area (Å²) >= 11 is 0. The Bertz CT molecular complexity index is 347. The van der Waals surface area contributed by atoms with Crippen molar-refractivity contribution >= 4 is 0 Å². The van der Waals surface area contributed by atoms with Crippen LogP contribution in [0.5, 0.6) is 0 Å². The molecule has 1 aliphatic carbocycles. The maximum Gasteiger partial charge on any atom is 0.0829 e. The number of hydrogen-bond donors (Lipinski definition) is 1. The maximum absolute atomic E-state index is 4.23. The molecule has 0 spiro atoms. The summed E-state index contributed by atoms with van der Waals surface area (Å²) in [5.74, 6) is 1.62. The molecule has 1 N–H and O–H groups in total. The van der Waals surface area contributed by atoms with Gasteiger partial charge in [0, 0.05) is 13.2 Å². The van der Waals surface area contributed by atoms with Gasteiger partial charge in [-0.2, -0.15) is 0 Å². The van der Waals surface area contributed by atoms with E-state index in [1.54, 1.807) is 0 Å². The van der Waals surface area contributed by atoms with E-state index in [0.717, 1.165) is 30.5 Å². The molecule has 1 aromatic heterocycles. The van der Waals surface area contributed by atoms with Gasteiger partial charge in [-0.05, 0) is 50.6 Å². The van der Waals surface area contributed by atoms with Gasteiger partial charge < -0.3 is 5.32 Å². The highest BCUT2D eigenvalue weighted by Crippen LogP contribution is 2.31. The predicted molar refractivity (Wildman–Crippen MR) is 73.3 cm³/mol. The van der Waals surface area contributed by atoms with Crippen molar-refractivity contribution in [2.24, 2.45) is 18.9 Å². The van der Waals surface area contributed by atoms with Crippen LogP contribution in [0.15, 0.2) is 6.20 Å². The first-order chi connectivity index (χ1) is 8.79. The second-order valence-corrected chi connectivity index (χ2v) is 5.60. The van der Waals surface area contributed by atoms with Gasteiger partial charge in [-0.15, -0.1) is 5.10 Å². The zero-order valence-electron chi connectivity index (χ0n) is 11.7. The highest BCUT2D eigenvalue weighted by Gasteiger charge is 2.25. The van der Waals surface area contributed by atoms with Crippen LogP contribution in [0.1, 0.15) is 44.7 Å². The van der Waals surface area contributed by atoms with Crippen LogP contribution in [0.3, 0.4) is 0 Å². The number of hydrogen-bond acceptors (Lipinski definition) is 3. The fraction of sp³-hybridized carbons (Fsp3) is 0.857. The van der Waals surface area contributed by atoms with Crippen LogP contribution in [0.4, 0.5) is 0 Å². The number of nitrogens with one attached hydrogen (secondary N) is 1. The third-order valence-electron chi connectivity index (χ3n) is 4.02. The van der Waals surface area contributed by atoms with Crippen LogP contribution in [0.25, 0.3) is 0 Å². The molecule has 102 valence electrons. The molecule has 1 aliphatic rings. The first-order valence-electron chi connectivity index (χ1n) is 7.35. The van der Waals surface area contributed by atoms with Gasteiger partial charge in [0.25, 0.3) is 0 Å². The van der Waals surface area contributed by atoms with Gasteiger partial charge in [0.1, 0.15) is 0 Å². The minimum atomic E-state index is 0.791. The van der Waals surface area contributed by atoms with E-state index in [0.29, 0.717) is 0 Å². The zero-order valence-corrected chi connectivity index (χ0v) is 11.7. The summed E-state index contributed by atoms with van der Waals surface area (Å²) in [5, 5.41) is 11.9. The quantitative estimate of drug-likeness (QED) is 0.787. The zero-order chi connectivity index (χ0) is 12.8. The van der Waals surface area contributed by atoms with E-state index in [1.807, 2.05) is 11.7 Å². The Morgan fingerprint density at radius 3 is 2.78 bits per heavy atom. The van der Waals surface area contributed by atoms with Gasteiger partial charge in [-0.1, -0.05) is 25.0 Å². The molecule has 1 saturated carbocycles. The van der Waals surface area contributed by atoms with Crippen molar-refractivity contribution < 1.29 is 0 Å². The van der Waals surface area contributed by atoms with Crippen molar-refractivity contribution in [1.29, 1.82) is 0 Å². The lowest BCUT2D eigenvalue weighted by Crippen LogP contribution is -2.32. The van der Waals surface area contributed by atoms with Gasteiger partial charge in [0.15, 0.2) is 0 Å².